The Morgan fingerprint density at radius 1 is 1.06 bits per heavy atom. The van der Waals surface area contributed by atoms with Crippen LogP contribution in [-0.4, -0.2) is 37.4 Å². The average molecular weight is 511 g/mol. The summed E-state index contributed by atoms with van der Waals surface area (Å²) in [6, 6.07) is 12.1. The van der Waals surface area contributed by atoms with Gasteiger partial charge in [0.05, 0.1) is 16.7 Å². The third-order valence-electron chi connectivity index (χ3n) is 7.80. The zero-order chi connectivity index (χ0) is 26.0. The van der Waals surface area contributed by atoms with Gasteiger partial charge in [0.1, 0.15) is 0 Å². The van der Waals surface area contributed by atoms with Gasteiger partial charge in [-0.25, -0.2) is 8.42 Å². The van der Waals surface area contributed by atoms with E-state index in [0.717, 1.165) is 23.6 Å². The topological polar surface area (TPSA) is 83.5 Å². The average Bonchev–Trinajstić information content (AvgIpc) is 3.15. The van der Waals surface area contributed by atoms with E-state index in [-0.39, 0.29) is 41.0 Å². The molecule has 4 rings (SSSR count). The molecule has 0 unspecified atom stereocenters. The van der Waals surface area contributed by atoms with E-state index < -0.39 is 9.84 Å². The minimum atomic E-state index is -3.25. The summed E-state index contributed by atoms with van der Waals surface area (Å²) in [5, 5.41) is 2.90. The van der Waals surface area contributed by atoms with Crippen LogP contribution in [-0.2, 0) is 16.4 Å². The first-order chi connectivity index (χ1) is 17.1. The molecule has 0 bridgehead atoms. The number of fused-ring (bicyclic) bond motifs is 1. The summed E-state index contributed by atoms with van der Waals surface area (Å²) >= 11 is 0. The number of carbonyl (C=O) groups is 2. The number of hydrogen-bond acceptors (Lipinski definition) is 4. The van der Waals surface area contributed by atoms with Crippen LogP contribution < -0.4 is 5.32 Å². The maximum atomic E-state index is 13.5. The third-order valence-corrected chi connectivity index (χ3v) is 9.55. The summed E-state index contributed by atoms with van der Waals surface area (Å²) in [6.07, 6.45) is 4.80. The van der Waals surface area contributed by atoms with Crippen LogP contribution in [0.4, 0.5) is 0 Å². The van der Waals surface area contributed by atoms with E-state index in [1.807, 2.05) is 11.0 Å². The molecule has 6 nitrogen and oxygen atoms in total. The highest BCUT2D eigenvalue weighted by Gasteiger charge is 2.40. The summed E-state index contributed by atoms with van der Waals surface area (Å²) in [7, 11) is -3.25. The quantitative estimate of drug-likeness (QED) is 0.516. The SMILES string of the molecule is CCS(=O)(=O)c1ccc(CNC(=O)c2ccc3c(c2)C(=O)N(C[C@H]2CC[C@H](C)CC2)[C@H]3C(C)C)cc1. The molecular weight excluding hydrogens is 472 g/mol. The molecule has 194 valence electrons. The van der Waals surface area contributed by atoms with E-state index in [2.05, 4.69) is 26.1 Å². The van der Waals surface area contributed by atoms with Crippen molar-refractivity contribution in [1.82, 2.24) is 10.2 Å². The van der Waals surface area contributed by atoms with Crippen molar-refractivity contribution in [2.24, 2.45) is 17.8 Å². The first-order valence-electron chi connectivity index (χ1n) is 13.2. The molecule has 0 saturated heterocycles. The van der Waals surface area contributed by atoms with Crippen LogP contribution in [0.5, 0.6) is 0 Å². The maximum Gasteiger partial charge on any atom is 0.254 e. The van der Waals surface area contributed by atoms with E-state index in [9.17, 15) is 18.0 Å². The predicted molar refractivity (Wildman–Crippen MR) is 142 cm³/mol. The molecule has 0 spiro atoms. The number of hydrogen-bond donors (Lipinski definition) is 1. The Bertz CT molecular complexity index is 1210. The molecule has 2 aromatic carbocycles. The number of carbonyl (C=O) groups excluding carboxylic acids is 2. The van der Waals surface area contributed by atoms with E-state index in [4.69, 9.17) is 0 Å². The number of amides is 2. The molecule has 2 amide bonds. The van der Waals surface area contributed by atoms with Gasteiger partial charge >= 0.3 is 0 Å². The normalized spacial score (nSPS) is 22.1. The second-order valence-corrected chi connectivity index (χ2v) is 13.1. The molecule has 0 radical (unpaired) electrons. The van der Waals surface area contributed by atoms with Crippen LogP contribution in [0.1, 0.15) is 91.3 Å². The van der Waals surface area contributed by atoms with Gasteiger partial charge < -0.3 is 10.2 Å². The molecule has 0 aromatic heterocycles. The Hall–Kier alpha value is -2.67. The summed E-state index contributed by atoms with van der Waals surface area (Å²) in [5.41, 5.74) is 2.93. The van der Waals surface area contributed by atoms with E-state index in [0.29, 0.717) is 17.0 Å². The van der Waals surface area contributed by atoms with Gasteiger partial charge in [-0.1, -0.05) is 58.7 Å². The second-order valence-electron chi connectivity index (χ2n) is 10.8. The van der Waals surface area contributed by atoms with E-state index >= 15 is 0 Å². The van der Waals surface area contributed by atoms with Gasteiger partial charge in [0.2, 0.25) is 0 Å². The molecular formula is C29H38N2O4S. The minimum absolute atomic E-state index is 0.0321. The highest BCUT2D eigenvalue weighted by Crippen LogP contribution is 2.41. The number of rotatable bonds is 8. The van der Waals surface area contributed by atoms with Crippen LogP contribution >= 0.6 is 0 Å². The third kappa shape index (κ3) is 5.51. The molecule has 1 atom stereocenters. The lowest BCUT2D eigenvalue weighted by molar-refractivity contribution is 0.0614. The van der Waals surface area contributed by atoms with Gasteiger partial charge in [-0.15, -0.1) is 0 Å². The first kappa shape index (κ1) is 26.4. The van der Waals surface area contributed by atoms with Crippen molar-refractivity contribution in [3.63, 3.8) is 0 Å². The van der Waals surface area contributed by atoms with Crippen LogP contribution in [0.25, 0.3) is 0 Å². The van der Waals surface area contributed by atoms with Gasteiger partial charge in [-0.2, -0.15) is 0 Å². The summed E-state index contributed by atoms with van der Waals surface area (Å²) < 4.78 is 24.0. The van der Waals surface area contributed by atoms with Crippen molar-refractivity contribution in [3.8, 4) is 0 Å². The van der Waals surface area contributed by atoms with Crippen molar-refractivity contribution in [2.45, 2.75) is 70.9 Å². The Balaban J connectivity index is 1.45. The molecule has 1 aliphatic heterocycles. The zero-order valence-corrected chi connectivity index (χ0v) is 22.6. The monoisotopic (exact) mass is 510 g/mol. The molecule has 1 aliphatic carbocycles. The Morgan fingerprint density at radius 3 is 2.33 bits per heavy atom. The minimum Gasteiger partial charge on any atom is -0.348 e. The Kier molecular flexibility index (Phi) is 7.88. The largest absolute Gasteiger partial charge is 0.348 e. The number of nitrogens with zero attached hydrogens (tertiary/aromatic N) is 1. The zero-order valence-electron chi connectivity index (χ0n) is 21.8. The Labute approximate surface area is 215 Å². The van der Waals surface area contributed by atoms with E-state index in [1.165, 1.54) is 25.7 Å². The lowest BCUT2D eigenvalue weighted by Gasteiger charge is -2.34. The highest BCUT2D eigenvalue weighted by atomic mass is 32.2. The standard InChI is InChI=1S/C29H38N2O4S/c1-5-36(34,35)24-13-10-21(11-14-24)17-30-28(32)23-12-15-25-26(16-23)29(33)31(27(25)19(2)3)18-22-8-6-20(4)7-9-22/h10-16,19-20,22,27H,5-9,17-18H2,1-4H3,(H,30,32)/t20-,22-,27-/m0/s1. The molecule has 2 aromatic rings. The summed E-state index contributed by atoms with van der Waals surface area (Å²) in [4.78, 5) is 28.7. The van der Waals surface area contributed by atoms with Crippen LogP contribution in [0.2, 0.25) is 0 Å². The van der Waals surface area contributed by atoms with Crippen molar-refractivity contribution in [1.29, 1.82) is 0 Å². The fraction of sp³-hybridized carbons (Fsp3) is 0.517. The fourth-order valence-corrected chi connectivity index (χ4v) is 6.44. The molecule has 7 heteroatoms. The summed E-state index contributed by atoms with van der Waals surface area (Å²) in [5.74, 6) is 1.44. The van der Waals surface area contributed by atoms with Gasteiger partial charge in [0.25, 0.3) is 11.8 Å². The van der Waals surface area contributed by atoms with E-state index in [1.54, 1.807) is 43.3 Å². The van der Waals surface area contributed by atoms with Gasteiger partial charge in [-0.05, 0) is 66.0 Å². The fourth-order valence-electron chi connectivity index (χ4n) is 5.56. The van der Waals surface area contributed by atoms with Crippen molar-refractivity contribution >= 4 is 21.7 Å². The molecule has 1 fully saturated rings. The molecule has 2 aliphatic rings. The number of benzene rings is 2. The van der Waals surface area contributed by atoms with Crippen molar-refractivity contribution in [2.75, 3.05) is 12.3 Å². The first-order valence-corrected chi connectivity index (χ1v) is 14.8. The lowest BCUT2D eigenvalue weighted by Crippen LogP contribution is -2.36. The predicted octanol–water partition coefficient (Wildman–Crippen LogP) is 5.39. The van der Waals surface area contributed by atoms with Crippen molar-refractivity contribution in [3.05, 3.63) is 64.7 Å². The number of nitrogens with one attached hydrogen (secondary N) is 1. The molecule has 1 heterocycles. The summed E-state index contributed by atoms with van der Waals surface area (Å²) in [6.45, 7) is 9.29. The van der Waals surface area contributed by atoms with Gasteiger partial charge in [0.15, 0.2) is 9.84 Å². The molecule has 36 heavy (non-hydrogen) atoms. The smallest absolute Gasteiger partial charge is 0.254 e. The van der Waals surface area contributed by atoms with Crippen LogP contribution in [0.3, 0.4) is 0 Å². The molecule has 1 N–H and O–H groups in total. The second kappa shape index (κ2) is 10.8. The van der Waals surface area contributed by atoms with Gasteiger partial charge in [-0.3, -0.25) is 9.59 Å². The maximum absolute atomic E-state index is 13.5. The number of sulfone groups is 1. The molecule has 1 saturated carbocycles. The highest BCUT2D eigenvalue weighted by molar-refractivity contribution is 7.91. The van der Waals surface area contributed by atoms with Gasteiger partial charge in [0, 0.05) is 24.2 Å². The van der Waals surface area contributed by atoms with Crippen LogP contribution in [0, 0.1) is 17.8 Å². The van der Waals surface area contributed by atoms with Crippen LogP contribution in [0.15, 0.2) is 47.4 Å². The lowest BCUT2D eigenvalue weighted by atomic mass is 9.82. The Morgan fingerprint density at radius 2 is 1.72 bits per heavy atom. The van der Waals surface area contributed by atoms with Crippen molar-refractivity contribution < 1.29 is 18.0 Å².